The lowest BCUT2D eigenvalue weighted by atomic mass is 10.0. The molecule has 0 fully saturated rings. The highest BCUT2D eigenvalue weighted by molar-refractivity contribution is 6.01. The average Bonchev–Trinajstić information content (AvgIpc) is 1.60. The normalized spacial score (nSPS) is 11.2. The predicted molar refractivity (Wildman–Crippen MR) is 35.5 cm³/mol. The number of ketones is 2. The minimum atomic E-state index is -1.87. The van der Waals surface area contributed by atoms with Crippen molar-refractivity contribution in [3.05, 3.63) is 0 Å². The molecule has 0 rings (SSSR count). The van der Waals surface area contributed by atoms with Gasteiger partial charge in [-0.05, 0) is 20.8 Å². The number of rotatable bonds is 3. The summed E-state index contributed by atoms with van der Waals surface area (Å²) >= 11 is 0. The summed E-state index contributed by atoms with van der Waals surface area (Å²) in [6.45, 7) is 3.57. The molecule has 0 heterocycles. The van der Waals surface area contributed by atoms with Gasteiger partial charge in [-0.15, -0.1) is 0 Å². The predicted octanol–water partition coefficient (Wildman–Crippen LogP) is 1.28. The van der Waals surface area contributed by atoms with Gasteiger partial charge < -0.3 is 0 Å². The number of hydrogen-bond donors (Lipinski definition) is 0. The summed E-state index contributed by atoms with van der Waals surface area (Å²) in [6.07, 6.45) is -0.302. The van der Waals surface area contributed by atoms with Gasteiger partial charge in [-0.1, -0.05) is 0 Å². The maximum absolute atomic E-state index is 12.6. The summed E-state index contributed by atoms with van der Waals surface area (Å²) < 4.78 is 12.6. The van der Waals surface area contributed by atoms with E-state index in [-0.39, 0.29) is 12.2 Å². The monoisotopic (exact) mass is 146 g/mol. The van der Waals surface area contributed by atoms with Crippen molar-refractivity contribution in [3.8, 4) is 0 Å². The molecule has 3 heteroatoms. The molecule has 0 aromatic rings. The third-order valence-corrected chi connectivity index (χ3v) is 1.07. The number of alkyl halides is 1. The second-order valence-electron chi connectivity index (χ2n) is 2.77. The van der Waals surface area contributed by atoms with Gasteiger partial charge in [0.2, 0.25) is 0 Å². The van der Waals surface area contributed by atoms with Gasteiger partial charge in [0.15, 0.2) is 11.5 Å². The first-order valence-electron chi connectivity index (χ1n) is 3.05. The largest absolute Gasteiger partial charge is 0.300 e. The SMILES string of the molecule is CC(=O)CC(=O)C(C)(C)F. The third kappa shape index (κ3) is 3.33. The molecular formula is C7H11FO2. The van der Waals surface area contributed by atoms with Crippen LogP contribution in [0.5, 0.6) is 0 Å². The summed E-state index contributed by atoms with van der Waals surface area (Å²) in [7, 11) is 0. The van der Waals surface area contributed by atoms with E-state index in [1.54, 1.807) is 0 Å². The minimum Gasteiger partial charge on any atom is -0.300 e. The summed E-state index contributed by atoms with van der Waals surface area (Å²) in [5, 5.41) is 0. The number of hydrogen-bond acceptors (Lipinski definition) is 2. The van der Waals surface area contributed by atoms with Crippen molar-refractivity contribution in [1.82, 2.24) is 0 Å². The molecule has 0 spiro atoms. The topological polar surface area (TPSA) is 34.1 Å². The first kappa shape index (κ1) is 9.27. The second kappa shape index (κ2) is 2.90. The number of halogens is 1. The van der Waals surface area contributed by atoms with E-state index in [9.17, 15) is 14.0 Å². The smallest absolute Gasteiger partial charge is 0.176 e. The fourth-order valence-corrected chi connectivity index (χ4v) is 0.436. The first-order chi connectivity index (χ1) is 4.34. The van der Waals surface area contributed by atoms with E-state index >= 15 is 0 Å². The van der Waals surface area contributed by atoms with Crippen LogP contribution in [0.4, 0.5) is 4.39 Å². The van der Waals surface area contributed by atoms with E-state index in [4.69, 9.17) is 0 Å². The van der Waals surface area contributed by atoms with Crippen molar-refractivity contribution in [1.29, 1.82) is 0 Å². The van der Waals surface area contributed by atoms with Gasteiger partial charge >= 0.3 is 0 Å². The van der Waals surface area contributed by atoms with E-state index in [0.717, 1.165) is 13.8 Å². The van der Waals surface area contributed by atoms with Crippen molar-refractivity contribution in [2.45, 2.75) is 32.9 Å². The highest BCUT2D eigenvalue weighted by Crippen LogP contribution is 2.11. The van der Waals surface area contributed by atoms with Crippen LogP contribution < -0.4 is 0 Å². The van der Waals surface area contributed by atoms with E-state index in [0.29, 0.717) is 0 Å². The van der Waals surface area contributed by atoms with Crippen LogP contribution in [0.2, 0.25) is 0 Å². The summed E-state index contributed by atoms with van der Waals surface area (Å²) in [6, 6.07) is 0. The van der Waals surface area contributed by atoms with Crippen LogP contribution in [0.25, 0.3) is 0 Å². The van der Waals surface area contributed by atoms with Gasteiger partial charge in [-0.3, -0.25) is 9.59 Å². The molecule has 0 unspecified atom stereocenters. The van der Waals surface area contributed by atoms with E-state index in [1.165, 1.54) is 6.92 Å². The Bertz CT molecular complexity index is 155. The van der Waals surface area contributed by atoms with E-state index in [2.05, 4.69) is 0 Å². The Kier molecular flexibility index (Phi) is 2.69. The molecule has 0 aliphatic carbocycles. The molecule has 0 aliphatic rings. The quantitative estimate of drug-likeness (QED) is 0.562. The highest BCUT2D eigenvalue weighted by atomic mass is 19.1. The summed E-state index contributed by atoms with van der Waals surface area (Å²) in [5.41, 5.74) is -1.87. The zero-order valence-corrected chi connectivity index (χ0v) is 6.40. The molecule has 0 aromatic carbocycles. The molecule has 0 aliphatic heterocycles. The Hall–Kier alpha value is -0.730. The molecular weight excluding hydrogens is 135 g/mol. The molecule has 0 saturated heterocycles. The molecule has 58 valence electrons. The van der Waals surface area contributed by atoms with Crippen LogP contribution in [0.15, 0.2) is 0 Å². The Balaban J connectivity index is 3.99. The zero-order chi connectivity index (χ0) is 8.36. The molecule has 2 nitrogen and oxygen atoms in total. The van der Waals surface area contributed by atoms with Crippen LogP contribution in [0.3, 0.4) is 0 Å². The maximum Gasteiger partial charge on any atom is 0.176 e. The molecule has 10 heavy (non-hydrogen) atoms. The van der Waals surface area contributed by atoms with Gasteiger partial charge in [0.25, 0.3) is 0 Å². The molecule has 0 saturated carbocycles. The van der Waals surface area contributed by atoms with Gasteiger partial charge in [0, 0.05) is 0 Å². The molecule has 0 N–H and O–H groups in total. The van der Waals surface area contributed by atoms with E-state index < -0.39 is 11.5 Å². The van der Waals surface area contributed by atoms with Crippen LogP contribution >= 0.6 is 0 Å². The molecule has 0 radical (unpaired) electrons. The lowest BCUT2D eigenvalue weighted by Crippen LogP contribution is -2.27. The summed E-state index contributed by atoms with van der Waals surface area (Å²) in [4.78, 5) is 21.0. The van der Waals surface area contributed by atoms with Gasteiger partial charge in [0.1, 0.15) is 5.78 Å². The molecule has 0 bridgehead atoms. The molecule has 0 aromatic heterocycles. The maximum atomic E-state index is 12.6. The lowest BCUT2D eigenvalue weighted by molar-refractivity contribution is -0.132. The molecule has 0 amide bonds. The van der Waals surface area contributed by atoms with Crippen molar-refractivity contribution < 1.29 is 14.0 Å². The van der Waals surface area contributed by atoms with Crippen molar-refractivity contribution in [3.63, 3.8) is 0 Å². The van der Waals surface area contributed by atoms with Gasteiger partial charge in [-0.25, -0.2) is 4.39 Å². The van der Waals surface area contributed by atoms with Crippen LogP contribution in [-0.2, 0) is 9.59 Å². The Labute approximate surface area is 59.4 Å². The Morgan fingerprint density at radius 1 is 1.40 bits per heavy atom. The van der Waals surface area contributed by atoms with Crippen LogP contribution in [-0.4, -0.2) is 17.2 Å². The number of carbonyl (C=O) groups is 2. The van der Waals surface area contributed by atoms with Crippen LogP contribution in [0.1, 0.15) is 27.2 Å². The van der Waals surface area contributed by atoms with E-state index in [1.807, 2.05) is 0 Å². The number of carbonyl (C=O) groups excluding carboxylic acids is 2. The Morgan fingerprint density at radius 3 is 1.90 bits per heavy atom. The fraction of sp³-hybridized carbons (Fsp3) is 0.714. The zero-order valence-electron chi connectivity index (χ0n) is 6.40. The van der Waals surface area contributed by atoms with Gasteiger partial charge in [0.05, 0.1) is 6.42 Å². The lowest BCUT2D eigenvalue weighted by Gasteiger charge is -2.09. The van der Waals surface area contributed by atoms with Crippen molar-refractivity contribution >= 4 is 11.6 Å². The second-order valence-corrected chi connectivity index (χ2v) is 2.77. The van der Waals surface area contributed by atoms with Crippen molar-refractivity contribution in [2.24, 2.45) is 0 Å². The van der Waals surface area contributed by atoms with Crippen molar-refractivity contribution in [2.75, 3.05) is 0 Å². The minimum absolute atomic E-state index is 0.296. The highest BCUT2D eigenvalue weighted by Gasteiger charge is 2.26. The summed E-state index contributed by atoms with van der Waals surface area (Å²) in [5.74, 6) is -0.948. The van der Waals surface area contributed by atoms with Crippen LogP contribution in [0, 0.1) is 0 Å². The first-order valence-corrected chi connectivity index (χ1v) is 3.05. The van der Waals surface area contributed by atoms with Gasteiger partial charge in [-0.2, -0.15) is 0 Å². The average molecular weight is 146 g/mol. The molecule has 0 atom stereocenters. The Morgan fingerprint density at radius 2 is 1.80 bits per heavy atom. The number of Topliss-reactive ketones (excluding diaryl/α,β-unsaturated/α-hetero) is 2. The standard InChI is InChI=1S/C7H11FO2/c1-5(9)4-6(10)7(2,3)8/h4H2,1-3H3. The fourth-order valence-electron chi connectivity index (χ4n) is 0.436. The third-order valence-electron chi connectivity index (χ3n) is 1.07.